The highest BCUT2D eigenvalue weighted by Gasteiger charge is 2.49. The van der Waals surface area contributed by atoms with Crippen LogP contribution in [0.5, 0.6) is 0 Å². The molecule has 2 aliphatic rings. The standard InChI is InChI=1S/C25H31F2N3/c1-7-22(27)23(30-25-19(14(2)3)9-8-17-11-21(17)25)10-15(4)24(28-6)20-12-18(26)13-29-16(20)5/h7,10,12-13,17,19,21,25,30H,2,4,8-9,11H2,1,3,5-6H3/b22-7+,23-10+,28-24-. The molecule has 160 valence electrons. The van der Waals surface area contributed by atoms with Gasteiger partial charge in [0.05, 0.1) is 17.6 Å². The third-order valence-electron chi connectivity index (χ3n) is 6.34. The fourth-order valence-electron chi connectivity index (χ4n) is 4.62. The zero-order chi connectivity index (χ0) is 22.0. The van der Waals surface area contributed by atoms with Crippen molar-refractivity contribution in [3.05, 3.63) is 77.3 Å². The number of nitrogens with zero attached hydrogens (tertiary/aromatic N) is 2. The zero-order valence-electron chi connectivity index (χ0n) is 18.3. The van der Waals surface area contributed by atoms with E-state index in [0.717, 1.165) is 17.9 Å². The van der Waals surface area contributed by atoms with Gasteiger partial charge in [-0.05, 0) is 81.6 Å². The summed E-state index contributed by atoms with van der Waals surface area (Å²) in [6, 6.07) is 1.54. The first-order valence-electron chi connectivity index (χ1n) is 10.5. The summed E-state index contributed by atoms with van der Waals surface area (Å²) in [5.41, 5.74) is 3.71. The van der Waals surface area contributed by atoms with Crippen molar-refractivity contribution in [1.82, 2.24) is 10.3 Å². The quantitative estimate of drug-likeness (QED) is 0.348. The molecule has 0 radical (unpaired) electrons. The Morgan fingerprint density at radius 1 is 1.33 bits per heavy atom. The van der Waals surface area contributed by atoms with Crippen molar-refractivity contribution in [1.29, 1.82) is 0 Å². The highest BCUT2D eigenvalue weighted by atomic mass is 19.1. The number of aryl methyl sites for hydroxylation is 1. The Hall–Kier alpha value is -2.56. The van der Waals surface area contributed by atoms with Crippen molar-refractivity contribution in [2.45, 2.75) is 46.1 Å². The first-order chi connectivity index (χ1) is 14.3. The molecule has 3 rings (SSSR count). The van der Waals surface area contributed by atoms with Gasteiger partial charge < -0.3 is 5.32 Å². The summed E-state index contributed by atoms with van der Waals surface area (Å²) in [7, 11) is 1.62. The molecule has 1 aromatic rings. The normalized spacial score (nSPS) is 26.8. The van der Waals surface area contributed by atoms with Gasteiger partial charge in [0.25, 0.3) is 0 Å². The lowest BCUT2D eigenvalue weighted by atomic mass is 9.80. The topological polar surface area (TPSA) is 37.3 Å². The van der Waals surface area contributed by atoms with Crippen molar-refractivity contribution in [2.75, 3.05) is 7.05 Å². The summed E-state index contributed by atoms with van der Waals surface area (Å²) in [6.07, 6.45) is 7.76. The number of allylic oxidation sites excluding steroid dienone is 4. The summed E-state index contributed by atoms with van der Waals surface area (Å²) < 4.78 is 28.6. The largest absolute Gasteiger partial charge is 0.379 e. The molecule has 4 atom stereocenters. The van der Waals surface area contributed by atoms with Crippen molar-refractivity contribution in [3.8, 4) is 0 Å². The van der Waals surface area contributed by atoms with Gasteiger partial charge >= 0.3 is 0 Å². The molecule has 5 heteroatoms. The van der Waals surface area contributed by atoms with E-state index < -0.39 is 5.82 Å². The van der Waals surface area contributed by atoms with E-state index in [1.165, 1.54) is 31.2 Å². The van der Waals surface area contributed by atoms with Gasteiger partial charge in [-0.25, -0.2) is 8.78 Å². The van der Waals surface area contributed by atoms with Crippen LogP contribution >= 0.6 is 0 Å². The Morgan fingerprint density at radius 3 is 2.70 bits per heavy atom. The van der Waals surface area contributed by atoms with E-state index in [9.17, 15) is 8.78 Å². The number of pyridine rings is 1. The lowest BCUT2D eigenvalue weighted by Gasteiger charge is -2.34. The van der Waals surface area contributed by atoms with Crippen LogP contribution in [0.3, 0.4) is 0 Å². The maximum atomic E-state index is 14.8. The Morgan fingerprint density at radius 2 is 2.07 bits per heavy atom. The molecule has 4 unspecified atom stereocenters. The molecule has 2 aliphatic carbocycles. The number of aromatic nitrogens is 1. The van der Waals surface area contributed by atoms with Crippen LogP contribution in [0, 0.1) is 30.5 Å². The lowest BCUT2D eigenvalue weighted by Crippen LogP contribution is -2.41. The number of rotatable bonds is 7. The van der Waals surface area contributed by atoms with Gasteiger partial charge in [-0.3, -0.25) is 9.98 Å². The highest BCUT2D eigenvalue weighted by molar-refractivity contribution is 6.14. The van der Waals surface area contributed by atoms with Crippen LogP contribution in [-0.4, -0.2) is 23.8 Å². The van der Waals surface area contributed by atoms with E-state index >= 15 is 0 Å². The number of fused-ring (bicyclic) bond motifs is 1. The van der Waals surface area contributed by atoms with Gasteiger partial charge in [0.1, 0.15) is 11.6 Å². The van der Waals surface area contributed by atoms with Gasteiger partial charge in [-0.15, -0.1) is 0 Å². The minimum Gasteiger partial charge on any atom is -0.379 e. The molecule has 0 bridgehead atoms. The Bertz CT molecular complexity index is 942. The van der Waals surface area contributed by atoms with Crippen LogP contribution in [0.2, 0.25) is 0 Å². The summed E-state index contributed by atoms with van der Waals surface area (Å²) in [6.45, 7) is 13.8. The summed E-state index contributed by atoms with van der Waals surface area (Å²) in [5, 5.41) is 3.47. The van der Waals surface area contributed by atoms with Gasteiger partial charge in [-0.2, -0.15) is 0 Å². The molecule has 1 aromatic heterocycles. The Kier molecular flexibility index (Phi) is 6.69. The monoisotopic (exact) mass is 411 g/mol. The smallest absolute Gasteiger partial charge is 0.142 e. The lowest BCUT2D eigenvalue weighted by molar-refractivity contribution is 0.294. The zero-order valence-corrected chi connectivity index (χ0v) is 18.3. The fourth-order valence-corrected chi connectivity index (χ4v) is 4.62. The van der Waals surface area contributed by atoms with Crippen LogP contribution < -0.4 is 5.32 Å². The van der Waals surface area contributed by atoms with E-state index in [2.05, 4.69) is 35.4 Å². The van der Waals surface area contributed by atoms with E-state index in [1.54, 1.807) is 27.0 Å². The number of aliphatic imine (C=N–C) groups is 1. The van der Waals surface area contributed by atoms with E-state index in [1.807, 2.05) is 0 Å². The molecular formula is C25H31F2N3. The Labute approximate surface area is 178 Å². The highest BCUT2D eigenvalue weighted by Crippen LogP contribution is 2.53. The predicted molar refractivity (Wildman–Crippen MR) is 120 cm³/mol. The Balaban J connectivity index is 1.92. The van der Waals surface area contributed by atoms with Gasteiger partial charge in [-0.1, -0.05) is 18.7 Å². The van der Waals surface area contributed by atoms with Crippen molar-refractivity contribution >= 4 is 5.71 Å². The van der Waals surface area contributed by atoms with E-state index in [4.69, 9.17) is 0 Å². The molecule has 3 nitrogen and oxygen atoms in total. The van der Waals surface area contributed by atoms with Gasteiger partial charge in [0.2, 0.25) is 0 Å². The van der Waals surface area contributed by atoms with Crippen LogP contribution in [0.15, 0.2) is 65.2 Å². The van der Waals surface area contributed by atoms with Crippen LogP contribution in [0.25, 0.3) is 0 Å². The molecule has 0 aromatic carbocycles. The van der Waals surface area contributed by atoms with Crippen molar-refractivity contribution in [3.63, 3.8) is 0 Å². The van der Waals surface area contributed by atoms with E-state index in [-0.39, 0.29) is 11.9 Å². The molecule has 0 amide bonds. The molecular weight excluding hydrogens is 380 g/mol. The fraction of sp³-hybridized carbons (Fsp3) is 0.440. The molecule has 0 aliphatic heterocycles. The maximum Gasteiger partial charge on any atom is 0.142 e. The second kappa shape index (κ2) is 9.07. The molecule has 1 heterocycles. The second-order valence-corrected chi connectivity index (χ2v) is 8.44. The summed E-state index contributed by atoms with van der Waals surface area (Å²) in [4.78, 5) is 8.36. The number of hydrogen-bond donors (Lipinski definition) is 1. The van der Waals surface area contributed by atoms with Crippen LogP contribution in [-0.2, 0) is 0 Å². The van der Waals surface area contributed by atoms with E-state index in [0.29, 0.717) is 40.1 Å². The minimum absolute atomic E-state index is 0.158. The number of hydrogen-bond acceptors (Lipinski definition) is 3. The van der Waals surface area contributed by atoms with Crippen LogP contribution in [0.4, 0.5) is 8.78 Å². The predicted octanol–water partition coefficient (Wildman–Crippen LogP) is 5.84. The van der Waals surface area contributed by atoms with Crippen molar-refractivity contribution in [2.24, 2.45) is 22.7 Å². The summed E-state index contributed by atoms with van der Waals surface area (Å²) >= 11 is 0. The van der Waals surface area contributed by atoms with Gasteiger partial charge in [0, 0.05) is 24.3 Å². The average Bonchev–Trinajstić information content (AvgIpc) is 3.50. The number of nitrogens with one attached hydrogen (secondary N) is 1. The SMILES string of the molecule is C=C(/C=C(NC1C(C(=C)C)CCC2CC21)\C(F)=C/C)/C(=N/C)c1cc(F)cnc1C. The maximum absolute atomic E-state index is 14.8. The van der Waals surface area contributed by atoms with Crippen LogP contribution in [0.1, 0.15) is 44.4 Å². The molecule has 1 N–H and O–H groups in total. The van der Waals surface area contributed by atoms with Crippen molar-refractivity contribution < 1.29 is 8.78 Å². The minimum atomic E-state index is -0.446. The molecule has 30 heavy (non-hydrogen) atoms. The summed E-state index contributed by atoms with van der Waals surface area (Å²) in [5.74, 6) is 0.812. The molecule has 2 saturated carbocycles. The molecule has 2 fully saturated rings. The molecule has 0 saturated heterocycles. The third kappa shape index (κ3) is 4.61. The average molecular weight is 412 g/mol. The molecule has 0 spiro atoms. The third-order valence-corrected chi connectivity index (χ3v) is 6.34. The first kappa shape index (κ1) is 22.1. The second-order valence-electron chi connectivity index (χ2n) is 8.44. The van der Waals surface area contributed by atoms with Gasteiger partial charge in [0.15, 0.2) is 0 Å². The first-order valence-corrected chi connectivity index (χ1v) is 10.5. The number of halogens is 2.